The summed E-state index contributed by atoms with van der Waals surface area (Å²) >= 11 is 0. The predicted octanol–water partition coefficient (Wildman–Crippen LogP) is 14.8. The molecule has 0 saturated carbocycles. The van der Waals surface area contributed by atoms with Crippen molar-refractivity contribution < 1.29 is 13.3 Å². The minimum absolute atomic E-state index is 0.718. The lowest BCUT2D eigenvalue weighted by molar-refractivity contribution is 0.669. The Morgan fingerprint density at radius 2 is 1.03 bits per heavy atom. The summed E-state index contributed by atoms with van der Waals surface area (Å²) in [6.07, 6.45) is 15.4. The third kappa shape index (κ3) is 4.61. The Morgan fingerprint density at radius 1 is 0.361 bits per heavy atom. The number of hydrogen-bond donors (Lipinski definition) is 0. The number of aromatic nitrogens is 9. The molecule has 0 saturated heterocycles. The molecule has 18 aromatic rings. The van der Waals surface area contributed by atoms with Crippen molar-refractivity contribution in [1.29, 1.82) is 0 Å². The fraction of sp³-hybridized carbons (Fsp3) is 0. The average molecular weight is 924 g/mol. The van der Waals surface area contributed by atoms with Crippen LogP contribution in [-0.2, 0) is 0 Å². The zero-order chi connectivity index (χ0) is 46.5. The summed E-state index contributed by atoms with van der Waals surface area (Å²) in [6, 6.07) is 44.0. The molecule has 18 rings (SSSR count). The number of imidazole rings is 3. The molecule has 0 amide bonds. The van der Waals surface area contributed by atoms with Gasteiger partial charge in [0.05, 0.1) is 39.8 Å². The van der Waals surface area contributed by atoms with Crippen LogP contribution in [0.5, 0.6) is 0 Å². The number of nitrogens with zero attached hydrogens (tertiary/aromatic N) is 9. The van der Waals surface area contributed by atoms with Gasteiger partial charge in [-0.25, -0.2) is 15.0 Å². The first-order valence-corrected chi connectivity index (χ1v) is 23.7. The Bertz CT molecular complexity index is 5500. The molecule has 0 radical (unpaired) electrons. The highest BCUT2D eigenvalue weighted by Gasteiger charge is 2.23. The van der Waals surface area contributed by atoms with Crippen LogP contribution in [0.15, 0.2) is 190 Å². The second-order valence-electron chi connectivity index (χ2n) is 18.8. The van der Waals surface area contributed by atoms with Crippen LogP contribution in [0.25, 0.3) is 171 Å². The molecule has 0 atom stereocenters. The van der Waals surface area contributed by atoms with Crippen LogP contribution < -0.4 is 0 Å². The van der Waals surface area contributed by atoms with Gasteiger partial charge in [-0.1, -0.05) is 60.7 Å². The zero-order valence-corrected chi connectivity index (χ0v) is 37.5. The van der Waals surface area contributed by atoms with Crippen molar-refractivity contribution in [3.05, 3.63) is 177 Å². The number of para-hydroxylation sites is 3. The fourth-order valence-corrected chi connectivity index (χ4v) is 11.9. The van der Waals surface area contributed by atoms with Gasteiger partial charge in [0.2, 0.25) is 0 Å². The number of rotatable bonds is 2. The van der Waals surface area contributed by atoms with Gasteiger partial charge >= 0.3 is 0 Å². The molecule has 6 aromatic carbocycles. The van der Waals surface area contributed by atoms with E-state index in [1.165, 1.54) is 0 Å². The second-order valence-corrected chi connectivity index (χ2v) is 18.8. The van der Waals surface area contributed by atoms with Crippen molar-refractivity contribution in [2.75, 3.05) is 0 Å². The first-order chi connectivity index (χ1) is 35.7. The van der Waals surface area contributed by atoms with Gasteiger partial charge in [0, 0.05) is 114 Å². The summed E-state index contributed by atoms with van der Waals surface area (Å²) in [6.45, 7) is 0. The number of fused-ring (bicyclic) bond motifs is 28. The molecule has 0 aliphatic rings. The maximum absolute atomic E-state index is 6.61. The van der Waals surface area contributed by atoms with Crippen LogP contribution in [0.1, 0.15) is 0 Å². The first kappa shape index (κ1) is 36.8. The third-order valence-electron chi connectivity index (χ3n) is 15.1. The minimum Gasteiger partial charge on any atom is -0.456 e. The molecule has 12 heteroatoms. The molecule has 12 aromatic heterocycles. The molecule has 332 valence electrons. The van der Waals surface area contributed by atoms with E-state index in [1.807, 2.05) is 98.0 Å². The molecule has 0 aliphatic carbocycles. The van der Waals surface area contributed by atoms with Gasteiger partial charge in [-0.15, -0.1) is 0 Å². The molecule has 0 bridgehead atoms. The van der Waals surface area contributed by atoms with Crippen molar-refractivity contribution in [2.24, 2.45) is 0 Å². The van der Waals surface area contributed by atoms with Crippen molar-refractivity contribution in [2.45, 2.75) is 0 Å². The molecule has 0 N–H and O–H groups in total. The Hall–Kier alpha value is -10.2. The normalized spacial score (nSPS) is 12.7. The molecule has 0 unspecified atom stereocenters. The summed E-state index contributed by atoms with van der Waals surface area (Å²) in [5.74, 6) is 0. The van der Waals surface area contributed by atoms with E-state index in [-0.39, 0.29) is 0 Å². The van der Waals surface area contributed by atoms with Crippen LogP contribution >= 0.6 is 0 Å². The third-order valence-corrected chi connectivity index (χ3v) is 15.1. The standard InChI is InChI=1S/C60H29N9O3/c1-6-12-53-31(7-1)35-14-13-34-36-21-46(64-26-43(36)58-62-17-18-67(58)56(34)57(35)72-53)50-28-65-59-44-27-63-45(20-37(44)39-23-54-41(22-49(39)69(50)59)33-9-3-5-11-52(33)70-54)47-29-68-48-24-55-40(32-8-2-4-10-51(32)71-55)19-38(48)30-15-16-61-25-42(30)60(68)66-47/h1-29H. The van der Waals surface area contributed by atoms with Gasteiger partial charge in [-0.3, -0.25) is 28.2 Å². The molecule has 0 fully saturated rings. The van der Waals surface area contributed by atoms with Crippen LogP contribution in [-0.4, -0.2) is 43.1 Å². The monoisotopic (exact) mass is 923 g/mol. The summed E-state index contributed by atoms with van der Waals surface area (Å²) < 4.78 is 26.1. The topological polar surface area (TPSA) is 130 Å². The maximum Gasteiger partial charge on any atom is 0.160 e. The summed E-state index contributed by atoms with van der Waals surface area (Å²) in [5, 5.41) is 15.2. The van der Waals surface area contributed by atoms with Crippen LogP contribution in [0.2, 0.25) is 0 Å². The zero-order valence-electron chi connectivity index (χ0n) is 37.5. The number of hydrogen-bond acceptors (Lipinski definition) is 9. The molecule has 0 aliphatic heterocycles. The van der Waals surface area contributed by atoms with E-state index in [9.17, 15) is 0 Å². The molecular weight excluding hydrogens is 895 g/mol. The lowest BCUT2D eigenvalue weighted by Crippen LogP contribution is -1.97. The van der Waals surface area contributed by atoms with E-state index in [1.54, 1.807) is 0 Å². The lowest BCUT2D eigenvalue weighted by Gasteiger charge is -2.13. The molecular formula is C60H29N9O3. The van der Waals surface area contributed by atoms with Crippen molar-refractivity contribution in [1.82, 2.24) is 43.1 Å². The van der Waals surface area contributed by atoms with Crippen LogP contribution in [0, 0.1) is 0 Å². The SMILES string of the molecule is c1ccc2c(c1)oc1cc3c(cc12)c1ccncc1c1nc(-c2cc4c5cc6oc7ccccc7c6cc5n5c(-c6cc7c(cn6)c6nccn6c6c7ccc7c8ccccc8oc76)cnc5c4cn2)cn31. The van der Waals surface area contributed by atoms with Crippen molar-refractivity contribution >= 4 is 148 Å². The van der Waals surface area contributed by atoms with Crippen molar-refractivity contribution in [3.8, 4) is 22.8 Å². The highest BCUT2D eigenvalue weighted by atomic mass is 16.3. The molecule has 0 spiro atoms. The van der Waals surface area contributed by atoms with Gasteiger partial charge in [0.1, 0.15) is 50.6 Å². The molecule has 12 nitrogen and oxygen atoms in total. The van der Waals surface area contributed by atoms with Gasteiger partial charge < -0.3 is 13.3 Å². The lowest BCUT2D eigenvalue weighted by atomic mass is 10.0. The van der Waals surface area contributed by atoms with E-state index in [2.05, 4.69) is 97.2 Å². The van der Waals surface area contributed by atoms with E-state index in [0.29, 0.717) is 0 Å². The first-order valence-electron chi connectivity index (χ1n) is 23.7. The summed E-state index contributed by atoms with van der Waals surface area (Å²) in [5.41, 5.74) is 13.2. The van der Waals surface area contributed by atoms with Gasteiger partial charge in [-0.2, -0.15) is 0 Å². The van der Waals surface area contributed by atoms with Crippen LogP contribution in [0.3, 0.4) is 0 Å². The Balaban J connectivity index is 0.891. The van der Waals surface area contributed by atoms with E-state index in [0.717, 1.165) is 171 Å². The highest BCUT2D eigenvalue weighted by Crippen LogP contribution is 2.43. The molecule has 72 heavy (non-hydrogen) atoms. The molecule has 12 heterocycles. The van der Waals surface area contributed by atoms with Crippen molar-refractivity contribution in [3.63, 3.8) is 0 Å². The van der Waals surface area contributed by atoms with Gasteiger partial charge in [0.15, 0.2) is 5.58 Å². The van der Waals surface area contributed by atoms with Crippen LogP contribution in [0.4, 0.5) is 0 Å². The van der Waals surface area contributed by atoms with E-state index < -0.39 is 0 Å². The van der Waals surface area contributed by atoms with Gasteiger partial charge in [-0.05, 0) is 76.8 Å². The second kappa shape index (κ2) is 12.9. The number of furan rings is 3. The average Bonchev–Trinajstić information content (AvgIpc) is 4.31. The minimum atomic E-state index is 0.718. The Labute approximate surface area is 402 Å². The maximum atomic E-state index is 6.61. The fourth-order valence-electron chi connectivity index (χ4n) is 11.9. The van der Waals surface area contributed by atoms with Gasteiger partial charge in [0.25, 0.3) is 0 Å². The Morgan fingerprint density at radius 3 is 1.86 bits per heavy atom. The summed E-state index contributed by atoms with van der Waals surface area (Å²) in [4.78, 5) is 30.3. The largest absolute Gasteiger partial charge is 0.456 e. The Kier molecular flexibility index (Phi) is 6.59. The van der Waals surface area contributed by atoms with E-state index >= 15 is 0 Å². The highest BCUT2D eigenvalue weighted by molar-refractivity contribution is 6.23. The predicted molar refractivity (Wildman–Crippen MR) is 284 cm³/mol. The van der Waals surface area contributed by atoms with E-state index in [4.69, 9.17) is 38.2 Å². The quantitative estimate of drug-likeness (QED) is 0.156. The number of benzene rings is 6. The smallest absolute Gasteiger partial charge is 0.160 e. The number of pyridine rings is 6. The summed E-state index contributed by atoms with van der Waals surface area (Å²) in [7, 11) is 0.